The zero-order chi connectivity index (χ0) is 24.1. The van der Waals surface area contributed by atoms with Crippen LogP contribution in [0.15, 0.2) is 60.9 Å². The summed E-state index contributed by atoms with van der Waals surface area (Å²) in [5, 5.41) is 0. The quantitative estimate of drug-likeness (QED) is 0.385. The van der Waals surface area contributed by atoms with Gasteiger partial charge in [0.2, 0.25) is 0 Å². The Morgan fingerprint density at radius 3 is 2.63 bits per heavy atom. The molecule has 7 nitrogen and oxygen atoms in total. The molecule has 176 valence electrons. The highest BCUT2D eigenvalue weighted by molar-refractivity contribution is 5.84. The molecule has 6 heterocycles. The van der Waals surface area contributed by atoms with E-state index in [4.69, 9.17) is 9.97 Å². The molecule has 5 aromatic rings. The first kappa shape index (κ1) is 21.6. The largest absolute Gasteiger partial charge is 0.369 e. The predicted molar refractivity (Wildman–Crippen MR) is 136 cm³/mol. The second kappa shape index (κ2) is 8.39. The van der Waals surface area contributed by atoms with Gasteiger partial charge >= 0.3 is 0 Å². The van der Waals surface area contributed by atoms with Crippen LogP contribution in [0.5, 0.6) is 0 Å². The van der Waals surface area contributed by atoms with Crippen molar-refractivity contribution >= 4 is 22.4 Å². The van der Waals surface area contributed by atoms with E-state index in [1.807, 2.05) is 47.1 Å². The normalized spacial score (nSPS) is 16.1. The third-order valence-electron chi connectivity index (χ3n) is 6.82. The number of likely N-dealkylation sites (N-methyl/N-ethyl adjacent to an activating group) is 1. The first-order valence-corrected chi connectivity index (χ1v) is 11.8. The minimum atomic E-state index is -0.333. The number of halogens is 1. The van der Waals surface area contributed by atoms with Crippen molar-refractivity contribution in [1.82, 2.24) is 29.2 Å². The lowest BCUT2D eigenvalue weighted by Gasteiger charge is -2.21. The van der Waals surface area contributed by atoms with Gasteiger partial charge in [-0.05, 0) is 69.9 Å². The van der Waals surface area contributed by atoms with Crippen molar-refractivity contribution in [3.8, 4) is 22.8 Å². The van der Waals surface area contributed by atoms with Crippen LogP contribution >= 0.6 is 0 Å². The lowest BCUT2D eigenvalue weighted by atomic mass is 10.1. The van der Waals surface area contributed by atoms with Crippen molar-refractivity contribution in [2.24, 2.45) is 0 Å². The fourth-order valence-electron chi connectivity index (χ4n) is 4.79. The molecule has 0 amide bonds. The Morgan fingerprint density at radius 1 is 0.971 bits per heavy atom. The highest BCUT2D eigenvalue weighted by atomic mass is 19.1. The summed E-state index contributed by atoms with van der Waals surface area (Å²) in [5.74, 6) is -0.333. The van der Waals surface area contributed by atoms with E-state index in [1.165, 1.54) is 6.07 Å². The molecule has 35 heavy (non-hydrogen) atoms. The number of hydrogen-bond acceptors (Lipinski definition) is 6. The number of aromatic nitrogens is 5. The number of nitrogens with zero attached hydrogens (tertiary/aromatic N) is 7. The van der Waals surface area contributed by atoms with Gasteiger partial charge in [0.25, 0.3) is 0 Å². The first-order valence-electron chi connectivity index (χ1n) is 11.8. The molecule has 0 saturated carbocycles. The molecule has 8 heteroatoms. The van der Waals surface area contributed by atoms with E-state index in [1.54, 1.807) is 13.0 Å². The van der Waals surface area contributed by atoms with Crippen LogP contribution in [0.1, 0.15) is 12.1 Å². The number of aryl methyl sites for hydroxylation is 1. The fourth-order valence-corrected chi connectivity index (χ4v) is 4.79. The van der Waals surface area contributed by atoms with Gasteiger partial charge in [0.05, 0.1) is 40.0 Å². The summed E-state index contributed by atoms with van der Waals surface area (Å²) < 4.78 is 15.9. The van der Waals surface area contributed by atoms with Gasteiger partial charge in [-0.3, -0.25) is 9.38 Å². The lowest BCUT2D eigenvalue weighted by molar-refractivity contribution is 0.315. The highest BCUT2D eigenvalue weighted by Crippen LogP contribution is 2.33. The maximum Gasteiger partial charge on any atom is 0.144 e. The van der Waals surface area contributed by atoms with Crippen LogP contribution in [-0.4, -0.2) is 62.5 Å². The zero-order valence-corrected chi connectivity index (χ0v) is 20.0. The molecule has 0 aliphatic carbocycles. The molecular weight excluding hydrogens is 441 g/mol. The maximum atomic E-state index is 13.9. The Hall–Kier alpha value is -3.91. The van der Waals surface area contributed by atoms with Gasteiger partial charge in [0.15, 0.2) is 0 Å². The molecular formula is C27H26FN7. The molecule has 5 aromatic heterocycles. The molecule has 6 rings (SSSR count). The average Bonchev–Trinajstić information content (AvgIpc) is 3.51. The number of anilines is 1. The van der Waals surface area contributed by atoms with Crippen LogP contribution in [0.25, 0.3) is 39.5 Å². The van der Waals surface area contributed by atoms with Crippen molar-refractivity contribution in [3.63, 3.8) is 0 Å². The number of rotatable bonds is 4. The van der Waals surface area contributed by atoms with Crippen molar-refractivity contribution < 1.29 is 4.39 Å². The van der Waals surface area contributed by atoms with Gasteiger partial charge in [-0.1, -0.05) is 6.07 Å². The molecule has 0 bridgehead atoms. The summed E-state index contributed by atoms with van der Waals surface area (Å²) in [4.78, 5) is 23.7. The molecule has 1 fully saturated rings. The van der Waals surface area contributed by atoms with E-state index < -0.39 is 0 Å². The van der Waals surface area contributed by atoms with Gasteiger partial charge in [-0.25, -0.2) is 19.3 Å². The minimum absolute atomic E-state index is 0.333. The van der Waals surface area contributed by atoms with Crippen LogP contribution in [0, 0.1) is 12.7 Å². The van der Waals surface area contributed by atoms with Crippen molar-refractivity contribution in [3.05, 3.63) is 72.4 Å². The SMILES string of the molecule is Cc1nc(-c2nc3ccccn3c2-c2ccc3ncc(N4CC[C@H](N(C)C)C4)cc3n2)ccc1F. The van der Waals surface area contributed by atoms with E-state index in [9.17, 15) is 4.39 Å². The smallest absolute Gasteiger partial charge is 0.144 e. The topological polar surface area (TPSA) is 62.5 Å². The zero-order valence-electron chi connectivity index (χ0n) is 20.0. The van der Waals surface area contributed by atoms with Gasteiger partial charge in [0.1, 0.15) is 22.9 Å². The predicted octanol–water partition coefficient (Wildman–Crippen LogP) is 4.59. The second-order valence-electron chi connectivity index (χ2n) is 9.28. The third kappa shape index (κ3) is 3.80. The number of hydrogen-bond donors (Lipinski definition) is 0. The van der Waals surface area contributed by atoms with Gasteiger partial charge in [-0.15, -0.1) is 0 Å². The van der Waals surface area contributed by atoms with Crippen LogP contribution in [0.3, 0.4) is 0 Å². The van der Waals surface area contributed by atoms with E-state index in [-0.39, 0.29) is 5.82 Å². The first-order chi connectivity index (χ1) is 17.0. The molecule has 0 spiro atoms. The summed E-state index contributed by atoms with van der Waals surface area (Å²) >= 11 is 0. The van der Waals surface area contributed by atoms with Crippen molar-refractivity contribution in [2.45, 2.75) is 19.4 Å². The lowest BCUT2D eigenvalue weighted by Crippen LogP contribution is -2.31. The Balaban J connectivity index is 1.48. The van der Waals surface area contributed by atoms with E-state index in [0.29, 0.717) is 23.1 Å². The Kier molecular flexibility index (Phi) is 5.18. The number of fused-ring (bicyclic) bond motifs is 2. The second-order valence-corrected chi connectivity index (χ2v) is 9.28. The van der Waals surface area contributed by atoms with Crippen LogP contribution in [0.2, 0.25) is 0 Å². The molecule has 0 unspecified atom stereocenters. The molecule has 1 atom stereocenters. The molecule has 0 radical (unpaired) electrons. The summed E-state index contributed by atoms with van der Waals surface area (Å²) in [5.41, 5.74) is 6.74. The highest BCUT2D eigenvalue weighted by Gasteiger charge is 2.25. The van der Waals surface area contributed by atoms with Crippen molar-refractivity contribution in [2.75, 3.05) is 32.1 Å². The molecule has 1 aliphatic heterocycles. The van der Waals surface area contributed by atoms with Gasteiger partial charge in [0, 0.05) is 25.3 Å². The fraction of sp³-hybridized carbons (Fsp3) is 0.259. The standard InChI is InChI=1S/C27H26FN7/c1-17-20(28)7-8-22(30-17)26-27(35-12-5-4-6-25(35)32-26)23-10-9-21-24(31-23)14-19(15-29-21)34-13-11-18(16-34)33(2)3/h4-10,12,14-15,18H,11,13,16H2,1-3H3/t18-/m0/s1. The average molecular weight is 468 g/mol. The maximum absolute atomic E-state index is 13.9. The molecule has 1 aliphatic rings. The van der Waals surface area contributed by atoms with Crippen LogP contribution in [-0.2, 0) is 0 Å². The monoisotopic (exact) mass is 467 g/mol. The minimum Gasteiger partial charge on any atom is -0.369 e. The van der Waals surface area contributed by atoms with Crippen LogP contribution < -0.4 is 4.90 Å². The molecule has 0 N–H and O–H groups in total. The summed E-state index contributed by atoms with van der Waals surface area (Å²) in [6.07, 6.45) is 5.03. The van der Waals surface area contributed by atoms with E-state index >= 15 is 0 Å². The Labute approximate surface area is 202 Å². The third-order valence-corrected chi connectivity index (χ3v) is 6.82. The van der Waals surface area contributed by atoms with Crippen LogP contribution in [0.4, 0.5) is 10.1 Å². The summed E-state index contributed by atoms with van der Waals surface area (Å²) in [6.45, 7) is 3.64. The van der Waals surface area contributed by atoms with Gasteiger partial charge in [-0.2, -0.15) is 0 Å². The Morgan fingerprint density at radius 2 is 1.83 bits per heavy atom. The van der Waals surface area contributed by atoms with Gasteiger partial charge < -0.3 is 9.80 Å². The summed E-state index contributed by atoms with van der Waals surface area (Å²) in [7, 11) is 4.26. The molecule has 1 saturated heterocycles. The number of imidazole rings is 1. The summed E-state index contributed by atoms with van der Waals surface area (Å²) in [6, 6.07) is 15.6. The van der Waals surface area contributed by atoms with E-state index in [0.717, 1.165) is 53.3 Å². The number of pyridine rings is 4. The van der Waals surface area contributed by atoms with E-state index in [2.05, 4.69) is 39.9 Å². The van der Waals surface area contributed by atoms with Crippen molar-refractivity contribution in [1.29, 1.82) is 0 Å². The Bertz CT molecular complexity index is 1560. The molecule has 0 aromatic carbocycles.